The van der Waals surface area contributed by atoms with Crippen molar-refractivity contribution in [2.45, 2.75) is 5.16 Å². The molecule has 6 nitrogen and oxygen atoms in total. The van der Waals surface area contributed by atoms with E-state index in [4.69, 9.17) is 23.2 Å². The van der Waals surface area contributed by atoms with E-state index >= 15 is 0 Å². The maximum atomic E-state index is 12.0. The van der Waals surface area contributed by atoms with E-state index in [0.717, 1.165) is 5.69 Å². The molecule has 2 aromatic carbocycles. The molecule has 0 spiro atoms. The first-order valence-corrected chi connectivity index (χ1v) is 8.58. The summed E-state index contributed by atoms with van der Waals surface area (Å²) in [5.41, 5.74) is 1.37. The molecular formula is C15H11Cl2N5OS. The third-order valence-electron chi connectivity index (χ3n) is 2.93. The molecule has 0 saturated carbocycles. The number of nitrogens with one attached hydrogen (secondary N) is 1. The average Bonchev–Trinajstić information content (AvgIpc) is 3.01. The monoisotopic (exact) mass is 379 g/mol. The van der Waals surface area contributed by atoms with E-state index in [9.17, 15) is 4.79 Å². The van der Waals surface area contributed by atoms with Gasteiger partial charge >= 0.3 is 0 Å². The second-order valence-electron chi connectivity index (χ2n) is 4.70. The number of halogens is 2. The van der Waals surface area contributed by atoms with Gasteiger partial charge in [0.25, 0.3) is 0 Å². The number of nitrogens with zero attached hydrogens (tertiary/aromatic N) is 4. The maximum Gasteiger partial charge on any atom is 0.234 e. The first-order valence-electron chi connectivity index (χ1n) is 6.84. The maximum absolute atomic E-state index is 12.0. The minimum atomic E-state index is -0.178. The van der Waals surface area contributed by atoms with Crippen LogP contribution in [0.5, 0.6) is 0 Å². The van der Waals surface area contributed by atoms with Gasteiger partial charge < -0.3 is 5.32 Å². The van der Waals surface area contributed by atoms with Gasteiger partial charge in [-0.05, 0) is 46.8 Å². The summed E-state index contributed by atoms with van der Waals surface area (Å²) in [5.74, 6) is -0.0177. The summed E-state index contributed by atoms with van der Waals surface area (Å²) in [6, 6.07) is 14.1. The number of amides is 1. The lowest BCUT2D eigenvalue weighted by Gasteiger charge is -2.06. The van der Waals surface area contributed by atoms with Gasteiger partial charge in [-0.1, -0.05) is 47.1 Å². The highest BCUT2D eigenvalue weighted by atomic mass is 35.5. The van der Waals surface area contributed by atoms with E-state index in [1.165, 1.54) is 16.4 Å². The number of thioether (sulfide) groups is 1. The van der Waals surface area contributed by atoms with Gasteiger partial charge in [-0.15, -0.1) is 5.10 Å². The molecule has 0 aliphatic rings. The Hall–Kier alpha value is -2.09. The molecule has 1 heterocycles. The number of carbonyl (C=O) groups excluding carboxylic acids is 1. The van der Waals surface area contributed by atoms with Crippen molar-refractivity contribution in [2.75, 3.05) is 11.1 Å². The number of tetrazole rings is 1. The Kier molecular flexibility index (Phi) is 5.34. The zero-order valence-corrected chi connectivity index (χ0v) is 14.5. The van der Waals surface area contributed by atoms with Crippen LogP contribution in [0.3, 0.4) is 0 Å². The quantitative estimate of drug-likeness (QED) is 0.684. The number of hydrogen-bond acceptors (Lipinski definition) is 5. The topological polar surface area (TPSA) is 72.7 Å². The molecule has 122 valence electrons. The Labute approximate surface area is 152 Å². The van der Waals surface area contributed by atoms with Crippen molar-refractivity contribution < 1.29 is 4.79 Å². The molecule has 1 amide bonds. The van der Waals surface area contributed by atoms with Crippen LogP contribution in [-0.4, -0.2) is 31.9 Å². The molecule has 1 aromatic heterocycles. The molecule has 0 radical (unpaired) electrons. The van der Waals surface area contributed by atoms with Gasteiger partial charge in [0.15, 0.2) is 0 Å². The predicted octanol–water partition coefficient (Wildman–Crippen LogP) is 3.70. The first-order chi connectivity index (χ1) is 11.6. The average molecular weight is 380 g/mol. The van der Waals surface area contributed by atoms with Crippen molar-refractivity contribution >= 4 is 46.6 Å². The van der Waals surface area contributed by atoms with Gasteiger partial charge in [-0.2, -0.15) is 4.68 Å². The van der Waals surface area contributed by atoms with Crippen LogP contribution in [0.2, 0.25) is 10.0 Å². The Bertz CT molecular complexity index is 870. The van der Waals surface area contributed by atoms with Gasteiger partial charge in [0.05, 0.1) is 11.4 Å². The van der Waals surface area contributed by atoms with E-state index in [2.05, 4.69) is 20.8 Å². The molecular weight excluding hydrogens is 369 g/mol. The van der Waals surface area contributed by atoms with E-state index in [1.807, 2.05) is 6.07 Å². The van der Waals surface area contributed by atoms with Crippen LogP contribution in [0.15, 0.2) is 53.7 Å². The molecule has 0 aliphatic heterocycles. The highest BCUT2D eigenvalue weighted by molar-refractivity contribution is 7.99. The Balaban J connectivity index is 1.65. The summed E-state index contributed by atoms with van der Waals surface area (Å²) in [5, 5.41) is 15.9. The Morgan fingerprint density at radius 3 is 2.62 bits per heavy atom. The van der Waals surface area contributed by atoms with Crippen LogP contribution >= 0.6 is 35.0 Å². The SMILES string of the molecule is O=C(CSc1nnnn1-c1cccc(Cl)c1)Nc1cccc(Cl)c1. The Morgan fingerprint density at radius 1 is 1.12 bits per heavy atom. The van der Waals surface area contributed by atoms with Crippen LogP contribution in [0, 0.1) is 0 Å². The molecule has 0 fully saturated rings. The van der Waals surface area contributed by atoms with Gasteiger partial charge in [-0.3, -0.25) is 4.79 Å². The van der Waals surface area contributed by atoms with Crippen LogP contribution in [-0.2, 0) is 4.79 Å². The van der Waals surface area contributed by atoms with Crippen molar-refractivity contribution in [1.82, 2.24) is 20.2 Å². The third kappa shape index (κ3) is 4.25. The van der Waals surface area contributed by atoms with Gasteiger partial charge in [0, 0.05) is 15.7 Å². The van der Waals surface area contributed by atoms with Crippen LogP contribution in [0.25, 0.3) is 5.69 Å². The van der Waals surface area contributed by atoms with E-state index < -0.39 is 0 Å². The second-order valence-corrected chi connectivity index (χ2v) is 6.52. The molecule has 0 atom stereocenters. The second kappa shape index (κ2) is 7.65. The number of anilines is 1. The van der Waals surface area contributed by atoms with Crippen molar-refractivity contribution in [3.05, 3.63) is 58.6 Å². The number of hydrogen-bond donors (Lipinski definition) is 1. The van der Waals surface area contributed by atoms with Gasteiger partial charge in [-0.25, -0.2) is 0 Å². The van der Waals surface area contributed by atoms with Crippen molar-refractivity contribution in [2.24, 2.45) is 0 Å². The first kappa shape index (κ1) is 16.8. The fourth-order valence-electron chi connectivity index (χ4n) is 1.93. The summed E-state index contributed by atoms with van der Waals surface area (Å²) in [4.78, 5) is 12.0. The zero-order chi connectivity index (χ0) is 16.9. The third-order valence-corrected chi connectivity index (χ3v) is 4.32. The van der Waals surface area contributed by atoms with Crippen LogP contribution in [0.4, 0.5) is 5.69 Å². The van der Waals surface area contributed by atoms with Crippen molar-refractivity contribution in [3.63, 3.8) is 0 Å². The number of benzene rings is 2. The smallest absolute Gasteiger partial charge is 0.234 e. The number of carbonyl (C=O) groups is 1. The normalized spacial score (nSPS) is 10.6. The summed E-state index contributed by atoms with van der Waals surface area (Å²) in [6.07, 6.45) is 0. The molecule has 0 saturated heterocycles. The van der Waals surface area contributed by atoms with E-state index in [0.29, 0.717) is 20.9 Å². The lowest BCUT2D eigenvalue weighted by atomic mass is 10.3. The highest BCUT2D eigenvalue weighted by Crippen LogP contribution is 2.21. The highest BCUT2D eigenvalue weighted by Gasteiger charge is 2.12. The summed E-state index contributed by atoms with van der Waals surface area (Å²) in [6.45, 7) is 0. The number of aromatic nitrogens is 4. The van der Waals surface area contributed by atoms with Crippen LogP contribution < -0.4 is 5.32 Å². The Morgan fingerprint density at radius 2 is 1.88 bits per heavy atom. The minimum absolute atomic E-state index is 0.160. The fraction of sp³-hybridized carbons (Fsp3) is 0.0667. The lowest BCUT2D eigenvalue weighted by molar-refractivity contribution is -0.113. The fourth-order valence-corrected chi connectivity index (χ4v) is 3.00. The lowest BCUT2D eigenvalue weighted by Crippen LogP contribution is -2.14. The van der Waals surface area contributed by atoms with Crippen LogP contribution in [0.1, 0.15) is 0 Å². The van der Waals surface area contributed by atoms with E-state index in [-0.39, 0.29) is 11.7 Å². The summed E-state index contributed by atoms with van der Waals surface area (Å²) >= 11 is 13.1. The summed E-state index contributed by atoms with van der Waals surface area (Å²) < 4.78 is 1.53. The molecule has 24 heavy (non-hydrogen) atoms. The van der Waals surface area contributed by atoms with Crippen molar-refractivity contribution in [3.8, 4) is 5.69 Å². The predicted molar refractivity (Wildman–Crippen MR) is 95.0 cm³/mol. The molecule has 3 rings (SSSR count). The molecule has 1 N–H and O–H groups in total. The van der Waals surface area contributed by atoms with E-state index in [1.54, 1.807) is 42.5 Å². The molecule has 3 aromatic rings. The van der Waals surface area contributed by atoms with Gasteiger partial charge in [0.1, 0.15) is 0 Å². The van der Waals surface area contributed by atoms with Gasteiger partial charge in [0.2, 0.25) is 11.1 Å². The van der Waals surface area contributed by atoms with Crippen molar-refractivity contribution in [1.29, 1.82) is 0 Å². The zero-order valence-electron chi connectivity index (χ0n) is 12.2. The molecule has 0 unspecified atom stereocenters. The molecule has 0 aliphatic carbocycles. The minimum Gasteiger partial charge on any atom is -0.325 e. The molecule has 9 heteroatoms. The standard InChI is InChI=1S/C15H11Cl2N5OS/c16-10-3-1-5-12(7-10)18-14(23)9-24-15-19-20-21-22(15)13-6-2-4-11(17)8-13/h1-8H,9H2,(H,18,23). The largest absolute Gasteiger partial charge is 0.325 e. The molecule has 0 bridgehead atoms. The number of rotatable bonds is 5. The summed E-state index contributed by atoms with van der Waals surface area (Å²) in [7, 11) is 0.